The SMILES string of the molecule is Cc1ccc(S(=O)(=O)N(C)c2ccc(C(=O)NCCC(=O)N(C)C)cc2)cc1. The van der Waals surface area contributed by atoms with E-state index in [1.54, 1.807) is 62.6 Å². The Morgan fingerprint density at radius 3 is 2.04 bits per heavy atom. The molecular weight excluding hydrogens is 378 g/mol. The maximum Gasteiger partial charge on any atom is 0.264 e. The van der Waals surface area contributed by atoms with Crippen molar-refractivity contribution in [2.75, 3.05) is 32.0 Å². The van der Waals surface area contributed by atoms with Gasteiger partial charge in [-0.25, -0.2) is 8.42 Å². The third-order valence-corrected chi connectivity index (χ3v) is 6.10. The number of hydrogen-bond donors (Lipinski definition) is 1. The van der Waals surface area contributed by atoms with Crippen LogP contribution in [0.25, 0.3) is 0 Å². The van der Waals surface area contributed by atoms with Gasteiger partial charge in [0.15, 0.2) is 0 Å². The molecular formula is C20H25N3O4S. The molecule has 0 heterocycles. The van der Waals surface area contributed by atoms with Crippen LogP contribution in [0.1, 0.15) is 22.3 Å². The summed E-state index contributed by atoms with van der Waals surface area (Å²) in [5.74, 6) is -0.388. The Morgan fingerprint density at radius 2 is 1.50 bits per heavy atom. The molecule has 2 amide bonds. The minimum Gasteiger partial charge on any atom is -0.352 e. The molecule has 2 aromatic carbocycles. The van der Waals surface area contributed by atoms with Crippen LogP contribution >= 0.6 is 0 Å². The molecule has 0 unspecified atom stereocenters. The van der Waals surface area contributed by atoms with E-state index in [-0.39, 0.29) is 29.7 Å². The number of aryl methyl sites for hydroxylation is 1. The molecule has 0 aromatic heterocycles. The van der Waals surface area contributed by atoms with E-state index in [1.807, 2.05) is 6.92 Å². The molecule has 150 valence electrons. The summed E-state index contributed by atoms with van der Waals surface area (Å²) in [5, 5.41) is 2.68. The van der Waals surface area contributed by atoms with Crippen molar-refractivity contribution in [3.8, 4) is 0 Å². The quantitative estimate of drug-likeness (QED) is 0.766. The van der Waals surface area contributed by atoms with Gasteiger partial charge in [0, 0.05) is 39.7 Å². The molecule has 0 saturated heterocycles. The average molecular weight is 404 g/mol. The predicted octanol–water partition coefficient (Wildman–Crippen LogP) is 2.03. The molecule has 1 N–H and O–H groups in total. The lowest BCUT2D eigenvalue weighted by atomic mass is 10.2. The molecule has 0 spiro atoms. The van der Waals surface area contributed by atoms with Crippen molar-refractivity contribution in [2.45, 2.75) is 18.2 Å². The zero-order valence-electron chi connectivity index (χ0n) is 16.5. The van der Waals surface area contributed by atoms with Gasteiger partial charge in [-0.3, -0.25) is 13.9 Å². The Hall–Kier alpha value is -2.87. The first-order chi connectivity index (χ1) is 13.1. The fraction of sp³-hybridized carbons (Fsp3) is 0.300. The van der Waals surface area contributed by atoms with Crippen LogP contribution in [0.4, 0.5) is 5.69 Å². The van der Waals surface area contributed by atoms with Crippen molar-refractivity contribution < 1.29 is 18.0 Å². The number of amides is 2. The van der Waals surface area contributed by atoms with Crippen LogP contribution < -0.4 is 9.62 Å². The average Bonchev–Trinajstić information content (AvgIpc) is 2.67. The second kappa shape index (κ2) is 8.88. The molecule has 0 aliphatic carbocycles. The van der Waals surface area contributed by atoms with E-state index in [0.29, 0.717) is 11.3 Å². The monoisotopic (exact) mass is 403 g/mol. The minimum atomic E-state index is -3.68. The van der Waals surface area contributed by atoms with Crippen LogP contribution in [0.3, 0.4) is 0 Å². The van der Waals surface area contributed by atoms with E-state index in [4.69, 9.17) is 0 Å². The number of nitrogens with one attached hydrogen (secondary N) is 1. The van der Waals surface area contributed by atoms with Gasteiger partial charge in [-0.1, -0.05) is 17.7 Å². The van der Waals surface area contributed by atoms with Crippen LogP contribution in [0.2, 0.25) is 0 Å². The second-order valence-corrected chi connectivity index (χ2v) is 8.60. The van der Waals surface area contributed by atoms with Gasteiger partial charge in [0.25, 0.3) is 15.9 Å². The van der Waals surface area contributed by atoms with Crippen molar-refractivity contribution in [1.82, 2.24) is 10.2 Å². The summed E-state index contributed by atoms with van der Waals surface area (Å²) >= 11 is 0. The molecule has 0 aliphatic heterocycles. The smallest absolute Gasteiger partial charge is 0.264 e. The maximum absolute atomic E-state index is 12.7. The summed E-state index contributed by atoms with van der Waals surface area (Å²) in [5.41, 5.74) is 1.81. The number of nitrogens with zero attached hydrogens (tertiary/aromatic N) is 2. The first kappa shape index (κ1) is 21.4. The number of rotatable bonds is 7. The van der Waals surface area contributed by atoms with Crippen molar-refractivity contribution in [1.29, 1.82) is 0 Å². The van der Waals surface area contributed by atoms with E-state index in [9.17, 15) is 18.0 Å². The molecule has 0 fully saturated rings. The highest BCUT2D eigenvalue weighted by molar-refractivity contribution is 7.92. The Morgan fingerprint density at radius 1 is 0.929 bits per heavy atom. The molecule has 7 nitrogen and oxygen atoms in total. The van der Waals surface area contributed by atoms with Gasteiger partial charge >= 0.3 is 0 Å². The Labute approximate surface area is 166 Å². The maximum atomic E-state index is 12.7. The molecule has 8 heteroatoms. The van der Waals surface area contributed by atoms with Crippen molar-refractivity contribution in [3.05, 3.63) is 59.7 Å². The molecule has 0 saturated carbocycles. The van der Waals surface area contributed by atoms with E-state index in [2.05, 4.69) is 5.32 Å². The zero-order chi connectivity index (χ0) is 20.9. The van der Waals surface area contributed by atoms with Gasteiger partial charge in [-0.2, -0.15) is 0 Å². The summed E-state index contributed by atoms with van der Waals surface area (Å²) in [4.78, 5) is 25.3. The minimum absolute atomic E-state index is 0.0708. The Kier molecular flexibility index (Phi) is 6.80. The zero-order valence-corrected chi connectivity index (χ0v) is 17.3. The summed E-state index contributed by atoms with van der Waals surface area (Å²) in [6.07, 6.45) is 0.217. The fourth-order valence-electron chi connectivity index (χ4n) is 2.44. The van der Waals surface area contributed by atoms with E-state index >= 15 is 0 Å². The first-order valence-corrected chi connectivity index (χ1v) is 10.2. The number of carbonyl (C=O) groups excluding carboxylic acids is 2. The number of hydrogen-bond acceptors (Lipinski definition) is 4. The van der Waals surface area contributed by atoms with Gasteiger partial charge in [0.05, 0.1) is 10.6 Å². The van der Waals surface area contributed by atoms with Gasteiger partial charge in [0.1, 0.15) is 0 Å². The topological polar surface area (TPSA) is 86.8 Å². The number of benzene rings is 2. The van der Waals surface area contributed by atoms with Crippen LogP contribution in [-0.2, 0) is 14.8 Å². The number of sulfonamides is 1. The van der Waals surface area contributed by atoms with Crippen LogP contribution in [0, 0.1) is 6.92 Å². The van der Waals surface area contributed by atoms with E-state index in [0.717, 1.165) is 5.56 Å². The third kappa shape index (κ3) is 5.10. The summed E-state index contributed by atoms with van der Waals surface area (Å²) < 4.78 is 26.6. The Balaban J connectivity index is 2.05. The normalized spacial score (nSPS) is 11.0. The highest BCUT2D eigenvalue weighted by Gasteiger charge is 2.21. The third-order valence-electron chi connectivity index (χ3n) is 4.30. The van der Waals surface area contributed by atoms with Crippen LogP contribution in [-0.4, -0.2) is 52.8 Å². The fourth-order valence-corrected chi connectivity index (χ4v) is 3.63. The van der Waals surface area contributed by atoms with Gasteiger partial charge in [-0.05, 0) is 43.3 Å². The predicted molar refractivity (Wildman–Crippen MR) is 109 cm³/mol. The van der Waals surface area contributed by atoms with Crippen molar-refractivity contribution in [2.24, 2.45) is 0 Å². The lowest BCUT2D eigenvalue weighted by Crippen LogP contribution is -2.30. The molecule has 0 radical (unpaired) electrons. The Bertz CT molecular complexity index is 936. The summed E-state index contributed by atoms with van der Waals surface area (Å²) in [7, 11) is 1.10. The highest BCUT2D eigenvalue weighted by Crippen LogP contribution is 2.22. The van der Waals surface area contributed by atoms with Gasteiger partial charge in [-0.15, -0.1) is 0 Å². The molecule has 2 aromatic rings. The van der Waals surface area contributed by atoms with Crippen molar-refractivity contribution >= 4 is 27.5 Å². The summed E-state index contributed by atoms with van der Waals surface area (Å²) in [6.45, 7) is 2.12. The second-order valence-electron chi connectivity index (χ2n) is 6.63. The van der Waals surface area contributed by atoms with E-state index in [1.165, 1.54) is 16.3 Å². The highest BCUT2D eigenvalue weighted by atomic mass is 32.2. The lowest BCUT2D eigenvalue weighted by Gasteiger charge is -2.20. The molecule has 28 heavy (non-hydrogen) atoms. The molecule has 0 aliphatic rings. The lowest BCUT2D eigenvalue weighted by molar-refractivity contribution is -0.128. The first-order valence-electron chi connectivity index (χ1n) is 8.77. The van der Waals surface area contributed by atoms with Crippen LogP contribution in [0.15, 0.2) is 53.4 Å². The van der Waals surface area contributed by atoms with E-state index < -0.39 is 10.0 Å². The standard InChI is InChI=1S/C20H25N3O4S/c1-15-5-11-18(12-6-15)28(26,27)23(4)17-9-7-16(8-10-17)20(25)21-14-13-19(24)22(2)3/h5-12H,13-14H2,1-4H3,(H,21,25). The molecule has 0 atom stereocenters. The van der Waals surface area contributed by atoms with Crippen molar-refractivity contribution in [3.63, 3.8) is 0 Å². The summed E-state index contributed by atoms with van der Waals surface area (Å²) in [6, 6.07) is 12.9. The van der Waals surface area contributed by atoms with Gasteiger partial charge < -0.3 is 10.2 Å². The molecule has 2 rings (SSSR count). The van der Waals surface area contributed by atoms with Gasteiger partial charge in [0.2, 0.25) is 5.91 Å². The van der Waals surface area contributed by atoms with Crippen LogP contribution in [0.5, 0.6) is 0 Å². The largest absolute Gasteiger partial charge is 0.352 e. The number of anilines is 1. The molecule has 0 bridgehead atoms. The number of carbonyl (C=O) groups is 2.